The van der Waals surface area contributed by atoms with Crippen LogP contribution in [0.3, 0.4) is 0 Å². The van der Waals surface area contributed by atoms with E-state index in [-0.39, 0.29) is 5.91 Å². The zero-order valence-corrected chi connectivity index (χ0v) is 17.8. The van der Waals surface area contributed by atoms with Crippen LogP contribution in [0.2, 0.25) is 0 Å². The number of carbonyl (C=O) groups is 2. The number of nitrogens with one attached hydrogen (secondary N) is 1. The van der Waals surface area contributed by atoms with Gasteiger partial charge < -0.3 is 14.5 Å². The van der Waals surface area contributed by atoms with Crippen molar-refractivity contribution in [2.45, 2.75) is 20.8 Å². The number of pyridine rings is 1. The van der Waals surface area contributed by atoms with Gasteiger partial charge in [0.05, 0.1) is 23.8 Å². The molecule has 0 aliphatic carbocycles. The van der Waals surface area contributed by atoms with E-state index in [9.17, 15) is 9.59 Å². The average Bonchev–Trinajstić information content (AvgIpc) is 3.29. The standard InChI is InChI=1S/C23H20N2O4S/c1-12-9-10-19(29-12)18-11-16(15-7-5-6-8-17(15)24-18)21(26)25-22-20(23(27)28-4)13(2)14(3)30-22/h5-11H,1-4H3,(H,25,26). The summed E-state index contributed by atoms with van der Waals surface area (Å²) in [6.45, 7) is 5.60. The van der Waals surface area contributed by atoms with Crippen molar-refractivity contribution in [2.24, 2.45) is 0 Å². The molecule has 1 N–H and O–H groups in total. The number of aromatic nitrogens is 1. The first kappa shape index (κ1) is 19.8. The summed E-state index contributed by atoms with van der Waals surface area (Å²) in [5.74, 6) is 0.548. The number of aryl methyl sites for hydroxylation is 2. The van der Waals surface area contributed by atoms with Crippen LogP contribution in [-0.4, -0.2) is 24.0 Å². The molecular weight excluding hydrogens is 400 g/mol. The number of furan rings is 1. The predicted molar refractivity (Wildman–Crippen MR) is 117 cm³/mol. The van der Waals surface area contributed by atoms with E-state index in [2.05, 4.69) is 10.3 Å². The van der Waals surface area contributed by atoms with Crippen LogP contribution in [0.4, 0.5) is 5.00 Å². The van der Waals surface area contributed by atoms with Gasteiger partial charge in [-0.2, -0.15) is 0 Å². The van der Waals surface area contributed by atoms with E-state index in [1.54, 1.807) is 6.07 Å². The second-order valence-corrected chi connectivity index (χ2v) is 8.14. The number of amides is 1. The molecule has 6 nitrogen and oxygen atoms in total. The number of para-hydroxylation sites is 1. The Bertz CT molecular complexity index is 1290. The van der Waals surface area contributed by atoms with Crippen molar-refractivity contribution in [3.8, 4) is 11.5 Å². The lowest BCUT2D eigenvalue weighted by Gasteiger charge is -2.10. The van der Waals surface area contributed by atoms with E-state index < -0.39 is 5.97 Å². The first-order valence-corrected chi connectivity index (χ1v) is 10.2. The number of rotatable bonds is 4. The zero-order valence-electron chi connectivity index (χ0n) is 17.0. The molecule has 152 valence electrons. The van der Waals surface area contributed by atoms with E-state index in [1.807, 2.05) is 57.2 Å². The van der Waals surface area contributed by atoms with Crippen molar-refractivity contribution in [1.82, 2.24) is 4.98 Å². The summed E-state index contributed by atoms with van der Waals surface area (Å²) >= 11 is 1.35. The van der Waals surface area contributed by atoms with Gasteiger partial charge in [0.2, 0.25) is 0 Å². The highest BCUT2D eigenvalue weighted by Crippen LogP contribution is 2.34. The van der Waals surface area contributed by atoms with Gasteiger partial charge in [0, 0.05) is 10.3 Å². The van der Waals surface area contributed by atoms with Crippen molar-refractivity contribution in [2.75, 3.05) is 12.4 Å². The molecule has 0 bridgehead atoms. The van der Waals surface area contributed by atoms with Gasteiger partial charge in [-0.3, -0.25) is 4.79 Å². The number of carbonyl (C=O) groups excluding carboxylic acids is 2. The largest absolute Gasteiger partial charge is 0.465 e. The molecule has 4 rings (SSSR count). The van der Waals surface area contributed by atoms with Gasteiger partial charge in [-0.05, 0) is 50.6 Å². The molecule has 0 aliphatic heterocycles. The van der Waals surface area contributed by atoms with Crippen molar-refractivity contribution >= 4 is 39.1 Å². The van der Waals surface area contributed by atoms with Gasteiger partial charge in [-0.15, -0.1) is 11.3 Å². The Morgan fingerprint density at radius 3 is 2.57 bits per heavy atom. The highest BCUT2D eigenvalue weighted by Gasteiger charge is 2.23. The molecule has 1 aromatic carbocycles. The van der Waals surface area contributed by atoms with Crippen LogP contribution in [0.25, 0.3) is 22.4 Å². The van der Waals surface area contributed by atoms with Crippen LogP contribution in [0.1, 0.15) is 36.9 Å². The Labute approximate surface area is 177 Å². The molecule has 30 heavy (non-hydrogen) atoms. The molecule has 0 spiro atoms. The van der Waals surface area contributed by atoms with Crippen LogP contribution < -0.4 is 5.32 Å². The number of benzene rings is 1. The van der Waals surface area contributed by atoms with Crippen molar-refractivity contribution < 1.29 is 18.7 Å². The number of esters is 1. The SMILES string of the molecule is COC(=O)c1c(NC(=O)c2cc(-c3ccc(C)o3)nc3ccccc23)sc(C)c1C. The molecule has 3 heterocycles. The van der Waals surface area contributed by atoms with E-state index in [0.717, 1.165) is 16.2 Å². The number of anilines is 1. The molecule has 0 unspecified atom stereocenters. The molecule has 0 aliphatic rings. The Kier molecular flexibility index (Phi) is 5.13. The van der Waals surface area contributed by atoms with E-state index in [4.69, 9.17) is 9.15 Å². The van der Waals surface area contributed by atoms with Crippen LogP contribution in [0.15, 0.2) is 46.9 Å². The van der Waals surface area contributed by atoms with Crippen LogP contribution in [-0.2, 0) is 4.74 Å². The fraction of sp³-hybridized carbons (Fsp3) is 0.174. The van der Waals surface area contributed by atoms with Crippen LogP contribution in [0, 0.1) is 20.8 Å². The summed E-state index contributed by atoms with van der Waals surface area (Å²) in [6.07, 6.45) is 0. The second-order valence-electron chi connectivity index (χ2n) is 6.92. The Morgan fingerprint density at radius 2 is 1.87 bits per heavy atom. The fourth-order valence-electron chi connectivity index (χ4n) is 3.29. The summed E-state index contributed by atoms with van der Waals surface area (Å²) in [7, 11) is 1.33. The minimum atomic E-state index is -0.474. The molecule has 0 radical (unpaired) electrons. The number of thiophene rings is 1. The third-order valence-electron chi connectivity index (χ3n) is 4.96. The van der Waals surface area contributed by atoms with Gasteiger partial charge in [0.25, 0.3) is 5.91 Å². The van der Waals surface area contributed by atoms with E-state index >= 15 is 0 Å². The quantitative estimate of drug-likeness (QED) is 0.440. The lowest BCUT2D eigenvalue weighted by Crippen LogP contribution is -2.15. The molecule has 7 heteroatoms. The van der Waals surface area contributed by atoms with Gasteiger partial charge >= 0.3 is 5.97 Å². The smallest absolute Gasteiger partial charge is 0.341 e. The van der Waals surface area contributed by atoms with Gasteiger partial charge in [0.15, 0.2) is 5.76 Å². The van der Waals surface area contributed by atoms with Crippen LogP contribution in [0.5, 0.6) is 0 Å². The number of hydrogen-bond acceptors (Lipinski definition) is 6. The van der Waals surface area contributed by atoms with Crippen molar-refractivity contribution in [1.29, 1.82) is 0 Å². The number of fused-ring (bicyclic) bond motifs is 1. The van der Waals surface area contributed by atoms with E-state index in [0.29, 0.717) is 38.5 Å². The summed E-state index contributed by atoms with van der Waals surface area (Å²) < 4.78 is 10.6. The molecular formula is C23H20N2O4S. The molecule has 0 atom stereocenters. The van der Waals surface area contributed by atoms with Crippen LogP contribution >= 0.6 is 11.3 Å². The van der Waals surface area contributed by atoms with Gasteiger partial charge in [-0.1, -0.05) is 18.2 Å². The number of methoxy groups -OCH3 is 1. The number of ether oxygens (including phenoxy) is 1. The maximum absolute atomic E-state index is 13.3. The number of hydrogen-bond donors (Lipinski definition) is 1. The summed E-state index contributed by atoms with van der Waals surface area (Å²) in [4.78, 5) is 31.1. The highest BCUT2D eigenvalue weighted by atomic mass is 32.1. The van der Waals surface area contributed by atoms with Crippen molar-refractivity contribution in [3.63, 3.8) is 0 Å². The molecule has 4 aromatic rings. The second kappa shape index (κ2) is 7.76. The van der Waals surface area contributed by atoms with Gasteiger partial charge in [-0.25, -0.2) is 9.78 Å². The first-order chi connectivity index (χ1) is 14.4. The first-order valence-electron chi connectivity index (χ1n) is 9.35. The predicted octanol–water partition coefficient (Wildman–Crippen LogP) is 5.52. The summed E-state index contributed by atoms with van der Waals surface area (Å²) in [6, 6.07) is 12.8. The Morgan fingerprint density at radius 1 is 1.10 bits per heavy atom. The van der Waals surface area contributed by atoms with Crippen molar-refractivity contribution in [3.05, 3.63) is 69.8 Å². The molecule has 0 saturated carbocycles. The summed E-state index contributed by atoms with van der Waals surface area (Å²) in [5.41, 5.74) is 2.88. The molecule has 3 aromatic heterocycles. The monoisotopic (exact) mass is 420 g/mol. The maximum atomic E-state index is 13.3. The lowest BCUT2D eigenvalue weighted by molar-refractivity contribution is 0.0601. The molecule has 0 fully saturated rings. The molecule has 0 saturated heterocycles. The number of nitrogens with zero attached hydrogens (tertiary/aromatic N) is 1. The zero-order chi connectivity index (χ0) is 21.4. The minimum Gasteiger partial charge on any atom is -0.465 e. The average molecular weight is 420 g/mol. The maximum Gasteiger partial charge on any atom is 0.341 e. The normalized spacial score (nSPS) is 10.9. The Balaban J connectivity index is 1.81. The van der Waals surface area contributed by atoms with Gasteiger partial charge in [0.1, 0.15) is 16.5 Å². The third-order valence-corrected chi connectivity index (χ3v) is 6.08. The fourth-order valence-corrected chi connectivity index (χ4v) is 4.34. The topological polar surface area (TPSA) is 81.4 Å². The highest BCUT2D eigenvalue weighted by molar-refractivity contribution is 7.16. The lowest BCUT2D eigenvalue weighted by atomic mass is 10.1. The Hall–Kier alpha value is -3.45. The summed E-state index contributed by atoms with van der Waals surface area (Å²) in [5, 5.41) is 4.09. The minimum absolute atomic E-state index is 0.329. The van der Waals surface area contributed by atoms with E-state index in [1.165, 1.54) is 18.4 Å². The molecule has 1 amide bonds. The third kappa shape index (κ3) is 3.48.